The highest BCUT2D eigenvalue weighted by Gasteiger charge is 2.32. The smallest absolute Gasteiger partial charge is 0.417 e. The van der Waals surface area contributed by atoms with E-state index in [0.717, 1.165) is 10.6 Å². The Morgan fingerprint density at radius 3 is 2.18 bits per heavy atom. The van der Waals surface area contributed by atoms with Crippen molar-refractivity contribution in [3.05, 3.63) is 41.7 Å². The van der Waals surface area contributed by atoms with E-state index in [9.17, 15) is 14.4 Å². The quantitative estimate of drug-likeness (QED) is 0.244. The summed E-state index contributed by atoms with van der Waals surface area (Å²) < 4.78 is 34.5. The van der Waals surface area contributed by atoms with Gasteiger partial charge >= 0.3 is 12.2 Å². The van der Waals surface area contributed by atoms with Crippen molar-refractivity contribution >= 4 is 18.1 Å². The lowest BCUT2D eigenvalue weighted by atomic mass is 10.0. The second-order valence-electron chi connectivity index (χ2n) is 7.68. The third kappa shape index (κ3) is 8.00. The number of aryl methyl sites for hydroxylation is 1. The molecule has 1 unspecified atom stereocenters. The van der Waals surface area contributed by atoms with E-state index in [0.29, 0.717) is 12.1 Å². The highest BCUT2D eigenvalue weighted by atomic mass is 127. The third-order valence-electron chi connectivity index (χ3n) is 5.53. The van der Waals surface area contributed by atoms with Crippen molar-refractivity contribution in [2.45, 2.75) is 39.5 Å². The Kier molecular flexibility index (Phi) is 13.4. The van der Waals surface area contributed by atoms with Gasteiger partial charge in [-0.25, -0.2) is 19.1 Å². The number of carbonyl (C=O) groups excluding carboxylic acids is 3. The number of nitrogens with two attached hydrogens (primary N) is 1. The summed E-state index contributed by atoms with van der Waals surface area (Å²) in [5, 5.41) is 0. The minimum atomic E-state index is -1.05. The maximum atomic E-state index is 13.3. The average molecular weight is 647 g/mol. The Morgan fingerprint density at radius 2 is 1.66 bits per heavy atom. The number of hydrogen-bond donors (Lipinski definition) is 1. The maximum absolute atomic E-state index is 13.3. The van der Waals surface area contributed by atoms with Crippen LogP contribution in [0.5, 0.6) is 23.0 Å². The van der Waals surface area contributed by atoms with Gasteiger partial charge in [-0.3, -0.25) is 4.79 Å². The number of carbonyl (C=O) groups is 3. The Hall–Kier alpha value is -3.49. The molecule has 0 bridgehead atoms. The molecule has 0 aliphatic heterocycles. The van der Waals surface area contributed by atoms with E-state index in [4.69, 9.17) is 34.2 Å². The first-order chi connectivity index (χ1) is 17.7. The monoisotopic (exact) mass is 647 g/mol. The average Bonchev–Trinajstić information content (AvgIpc) is 2.89. The molecule has 1 atom stereocenters. The number of amides is 3. The van der Waals surface area contributed by atoms with E-state index in [1.807, 2.05) is 35.9 Å². The van der Waals surface area contributed by atoms with E-state index >= 15 is 0 Å². The molecule has 2 N–H and O–H groups in total. The molecule has 0 saturated heterocycles. The van der Waals surface area contributed by atoms with E-state index in [1.54, 1.807) is 6.07 Å². The number of hydrogen-bond acceptors (Lipinski definition) is 9. The summed E-state index contributed by atoms with van der Waals surface area (Å²) in [5.74, 6) is 0.443. The number of ether oxygens (including phenoxy) is 6. The molecule has 12 nitrogen and oxygen atoms in total. The summed E-state index contributed by atoms with van der Waals surface area (Å²) in [4.78, 5) is 37.9. The summed E-state index contributed by atoms with van der Waals surface area (Å²) in [6.45, 7) is 3.67. The number of methoxy groups -OCH3 is 4. The number of nitrogens with zero attached hydrogens (tertiary/aromatic N) is 2. The van der Waals surface area contributed by atoms with Gasteiger partial charge in [0.15, 0.2) is 17.7 Å². The van der Waals surface area contributed by atoms with Crippen molar-refractivity contribution in [3.8, 4) is 23.0 Å². The molecule has 210 valence electrons. The van der Waals surface area contributed by atoms with Crippen LogP contribution >= 0.6 is 0 Å². The summed E-state index contributed by atoms with van der Waals surface area (Å²) in [5.41, 5.74) is 6.17. The van der Waals surface area contributed by atoms with Crippen molar-refractivity contribution in [1.82, 2.24) is 4.90 Å². The lowest BCUT2D eigenvalue weighted by Gasteiger charge is -2.26. The molecular weight excluding hydrogens is 613 g/mol. The van der Waals surface area contributed by atoms with E-state index in [2.05, 4.69) is 0 Å². The second-order valence-corrected chi connectivity index (χ2v) is 7.68. The van der Waals surface area contributed by atoms with Crippen LogP contribution in [0.1, 0.15) is 37.6 Å². The molecule has 1 aromatic carbocycles. The largest absolute Gasteiger partial charge is 1.00 e. The van der Waals surface area contributed by atoms with Crippen molar-refractivity contribution in [3.63, 3.8) is 0 Å². The molecule has 13 heteroatoms. The van der Waals surface area contributed by atoms with Gasteiger partial charge < -0.3 is 58.1 Å². The normalized spacial score (nSPS) is 10.9. The van der Waals surface area contributed by atoms with Crippen LogP contribution in [-0.2, 0) is 27.4 Å². The molecule has 1 aromatic heterocycles. The third-order valence-corrected chi connectivity index (χ3v) is 5.53. The lowest BCUT2D eigenvalue weighted by Crippen LogP contribution is -3.00. The van der Waals surface area contributed by atoms with E-state index in [1.165, 1.54) is 35.4 Å². The van der Waals surface area contributed by atoms with Gasteiger partial charge in [0.25, 0.3) is 0 Å². The fraction of sp³-hybridized carbons (Fsp3) is 0.440. The zero-order chi connectivity index (χ0) is 27.5. The Balaban J connectivity index is 0.00000722. The molecule has 1 heterocycles. The summed E-state index contributed by atoms with van der Waals surface area (Å²) in [6, 6.07) is 7.04. The molecule has 0 fully saturated rings. The van der Waals surface area contributed by atoms with Gasteiger partial charge in [0.05, 0.1) is 35.0 Å². The molecule has 0 saturated carbocycles. The van der Waals surface area contributed by atoms with Gasteiger partial charge in [0.2, 0.25) is 23.1 Å². The predicted octanol–water partition coefficient (Wildman–Crippen LogP) is -0.256. The van der Waals surface area contributed by atoms with Gasteiger partial charge in [-0.1, -0.05) is 6.07 Å². The maximum Gasteiger partial charge on any atom is 0.417 e. The first-order valence-electron chi connectivity index (χ1n) is 11.5. The number of rotatable bonds is 12. The van der Waals surface area contributed by atoms with Gasteiger partial charge in [-0.2, -0.15) is 0 Å². The van der Waals surface area contributed by atoms with E-state index < -0.39 is 24.2 Å². The highest BCUT2D eigenvalue weighted by Crippen LogP contribution is 2.49. The van der Waals surface area contributed by atoms with Crippen LogP contribution in [-0.4, -0.2) is 58.0 Å². The van der Waals surface area contributed by atoms with Crippen molar-refractivity contribution in [1.29, 1.82) is 0 Å². The van der Waals surface area contributed by atoms with Crippen LogP contribution in [0.25, 0.3) is 0 Å². The number of aromatic nitrogens is 1. The topological polar surface area (TPSA) is 140 Å². The van der Waals surface area contributed by atoms with Gasteiger partial charge in [0.1, 0.15) is 19.2 Å². The zero-order valence-corrected chi connectivity index (χ0v) is 24.5. The fourth-order valence-electron chi connectivity index (χ4n) is 3.76. The predicted molar refractivity (Wildman–Crippen MR) is 131 cm³/mol. The van der Waals surface area contributed by atoms with Crippen LogP contribution in [0.2, 0.25) is 0 Å². The minimum Gasteiger partial charge on any atom is -1.00 e. The Bertz CT molecular complexity index is 1110. The number of pyridine rings is 1. The first-order valence-corrected chi connectivity index (χ1v) is 11.5. The molecule has 38 heavy (non-hydrogen) atoms. The van der Waals surface area contributed by atoms with Crippen LogP contribution in [0.3, 0.4) is 0 Å². The van der Waals surface area contributed by atoms with Crippen LogP contribution < -0.4 is 53.2 Å². The molecule has 0 spiro atoms. The molecule has 0 radical (unpaired) electrons. The SMILES string of the molecule is CC[n+]1ccccc1CN(C(C)=O)C(=O)OC(CCOC(N)=O)c1cc(OC)c(OC)c(OC)c1OC.[I-]. The molecule has 3 amide bonds. The van der Waals surface area contributed by atoms with Gasteiger partial charge in [-0.15, -0.1) is 0 Å². The van der Waals surface area contributed by atoms with Crippen molar-refractivity contribution in [2.75, 3.05) is 35.0 Å². The number of imide groups is 1. The number of benzene rings is 1. The lowest BCUT2D eigenvalue weighted by molar-refractivity contribution is -0.701. The van der Waals surface area contributed by atoms with E-state index in [-0.39, 0.29) is 66.5 Å². The summed E-state index contributed by atoms with van der Waals surface area (Å²) >= 11 is 0. The molecular formula is C25H34IN3O9. The summed E-state index contributed by atoms with van der Waals surface area (Å²) in [7, 11) is 5.70. The van der Waals surface area contributed by atoms with Gasteiger partial charge in [0, 0.05) is 31.0 Å². The molecule has 2 rings (SSSR count). The Labute approximate surface area is 238 Å². The van der Waals surface area contributed by atoms with Gasteiger partial charge in [-0.05, 0) is 13.0 Å². The van der Waals surface area contributed by atoms with Crippen LogP contribution in [0, 0.1) is 0 Å². The standard InChI is InChI=1S/C25H33N3O9.HI/c1-7-27-12-9-8-10-17(27)15-28(16(2)29)25(31)37-19(11-13-36-24(26)30)18-14-20(32-3)22(34-5)23(35-6)21(18)33-4;/h8-10,12,14,19H,7,11,13,15H2,1-6H3,(H-,26,30);1H. The minimum absolute atomic E-state index is 0. The second kappa shape index (κ2) is 15.7. The fourth-order valence-corrected chi connectivity index (χ4v) is 3.76. The first kappa shape index (κ1) is 32.5. The van der Waals surface area contributed by atoms with Crippen LogP contribution in [0.4, 0.5) is 9.59 Å². The van der Waals surface area contributed by atoms with Crippen LogP contribution in [0.15, 0.2) is 30.5 Å². The zero-order valence-electron chi connectivity index (χ0n) is 22.3. The molecule has 0 aliphatic carbocycles. The molecule has 2 aromatic rings. The Morgan fingerprint density at radius 1 is 1.00 bits per heavy atom. The summed E-state index contributed by atoms with van der Waals surface area (Å²) in [6.07, 6.45) is -1.09. The number of primary amides is 1. The molecule has 0 aliphatic rings. The van der Waals surface area contributed by atoms with Crippen molar-refractivity contribution < 1.29 is 71.3 Å². The number of halogens is 1. The van der Waals surface area contributed by atoms with Crippen molar-refractivity contribution in [2.24, 2.45) is 5.73 Å². The highest BCUT2D eigenvalue weighted by molar-refractivity contribution is 5.90.